The lowest BCUT2D eigenvalue weighted by atomic mass is 10.2. The number of hydrogen-bond donors (Lipinski definition) is 0. The van der Waals surface area contributed by atoms with Crippen molar-refractivity contribution in [1.82, 2.24) is 14.8 Å². The van der Waals surface area contributed by atoms with Crippen LogP contribution in [0.4, 0.5) is 0 Å². The van der Waals surface area contributed by atoms with E-state index in [1.54, 1.807) is 18.5 Å². The zero-order chi connectivity index (χ0) is 19.1. The predicted octanol–water partition coefficient (Wildman–Crippen LogP) is 2.74. The Morgan fingerprint density at radius 3 is 2.67 bits per heavy atom. The van der Waals surface area contributed by atoms with Crippen molar-refractivity contribution >= 4 is 27.8 Å². The average Bonchev–Trinajstić information content (AvgIpc) is 2.92. The molecule has 0 unspecified atom stereocenters. The molecule has 0 N–H and O–H groups in total. The number of nitrogens with zero attached hydrogens (tertiary/aromatic N) is 3. The summed E-state index contributed by atoms with van der Waals surface area (Å²) in [6, 6.07) is 11.4. The van der Waals surface area contributed by atoms with Gasteiger partial charge in [-0.1, -0.05) is 30.3 Å². The summed E-state index contributed by atoms with van der Waals surface area (Å²) in [7, 11) is 0. The van der Waals surface area contributed by atoms with Crippen molar-refractivity contribution in [1.29, 1.82) is 0 Å². The first-order chi connectivity index (χ1) is 13.1. The molecule has 1 aromatic carbocycles. The molecule has 2 aromatic rings. The number of rotatable bonds is 5. The third-order valence-electron chi connectivity index (χ3n) is 4.42. The summed E-state index contributed by atoms with van der Waals surface area (Å²) in [5.41, 5.74) is 1.54. The Labute approximate surface area is 167 Å². The van der Waals surface area contributed by atoms with E-state index in [1.165, 1.54) is 0 Å². The SMILES string of the molecule is O=C(CN1CCCN(C(=O)c2cncc(Br)c2)CC1)OCc1ccccc1. The fourth-order valence-corrected chi connectivity index (χ4v) is 3.37. The normalized spacial score (nSPS) is 15.2. The van der Waals surface area contributed by atoms with Gasteiger partial charge in [-0.3, -0.25) is 19.5 Å². The van der Waals surface area contributed by atoms with Crippen LogP contribution in [0.5, 0.6) is 0 Å². The van der Waals surface area contributed by atoms with Gasteiger partial charge in [-0.2, -0.15) is 0 Å². The molecular formula is C20H22BrN3O3. The van der Waals surface area contributed by atoms with Gasteiger partial charge in [0.2, 0.25) is 0 Å². The molecule has 1 aliphatic rings. The smallest absolute Gasteiger partial charge is 0.320 e. The van der Waals surface area contributed by atoms with Crippen LogP contribution in [0.3, 0.4) is 0 Å². The van der Waals surface area contributed by atoms with Crippen LogP contribution in [0.15, 0.2) is 53.3 Å². The van der Waals surface area contributed by atoms with Gasteiger partial charge in [0.15, 0.2) is 0 Å². The molecule has 1 fully saturated rings. The van der Waals surface area contributed by atoms with Crippen LogP contribution in [0.2, 0.25) is 0 Å². The molecule has 1 saturated heterocycles. The Kier molecular flexibility index (Phi) is 6.95. The number of amides is 1. The van der Waals surface area contributed by atoms with Crippen LogP contribution in [0.25, 0.3) is 0 Å². The Balaban J connectivity index is 1.48. The number of carbonyl (C=O) groups is 2. The van der Waals surface area contributed by atoms with Crippen LogP contribution < -0.4 is 0 Å². The maximum Gasteiger partial charge on any atom is 0.320 e. The maximum absolute atomic E-state index is 12.6. The molecule has 1 aliphatic heterocycles. The summed E-state index contributed by atoms with van der Waals surface area (Å²) in [4.78, 5) is 32.7. The Morgan fingerprint density at radius 2 is 1.89 bits per heavy atom. The molecule has 6 nitrogen and oxygen atoms in total. The predicted molar refractivity (Wildman–Crippen MR) is 105 cm³/mol. The van der Waals surface area contributed by atoms with Gasteiger partial charge in [0.05, 0.1) is 12.1 Å². The Bertz CT molecular complexity index is 785. The van der Waals surface area contributed by atoms with Crippen molar-refractivity contribution in [3.63, 3.8) is 0 Å². The highest BCUT2D eigenvalue weighted by Crippen LogP contribution is 2.13. The monoisotopic (exact) mass is 431 g/mol. The van der Waals surface area contributed by atoms with E-state index in [0.717, 1.165) is 23.0 Å². The van der Waals surface area contributed by atoms with Crippen LogP contribution >= 0.6 is 15.9 Å². The second-order valence-electron chi connectivity index (χ2n) is 6.46. The number of pyridine rings is 1. The zero-order valence-electron chi connectivity index (χ0n) is 15.0. The number of aromatic nitrogens is 1. The van der Waals surface area contributed by atoms with E-state index in [9.17, 15) is 9.59 Å². The molecule has 0 atom stereocenters. The molecule has 1 amide bonds. The van der Waals surface area contributed by atoms with E-state index < -0.39 is 0 Å². The third-order valence-corrected chi connectivity index (χ3v) is 4.86. The van der Waals surface area contributed by atoms with E-state index in [1.807, 2.05) is 40.1 Å². The number of carbonyl (C=O) groups excluding carboxylic acids is 2. The summed E-state index contributed by atoms with van der Waals surface area (Å²) in [6.07, 6.45) is 4.05. The van der Waals surface area contributed by atoms with Crippen molar-refractivity contribution in [2.75, 3.05) is 32.7 Å². The average molecular weight is 432 g/mol. The van der Waals surface area contributed by atoms with Crippen LogP contribution in [0, 0.1) is 0 Å². The van der Waals surface area contributed by atoms with Gasteiger partial charge in [0.1, 0.15) is 6.61 Å². The number of benzene rings is 1. The molecule has 142 valence electrons. The number of halogens is 1. The Morgan fingerprint density at radius 1 is 1.07 bits per heavy atom. The second kappa shape index (κ2) is 9.62. The number of hydrogen-bond acceptors (Lipinski definition) is 5. The second-order valence-corrected chi connectivity index (χ2v) is 7.38. The summed E-state index contributed by atoms with van der Waals surface area (Å²) in [5, 5.41) is 0. The summed E-state index contributed by atoms with van der Waals surface area (Å²) >= 11 is 3.35. The minimum Gasteiger partial charge on any atom is -0.460 e. The van der Waals surface area contributed by atoms with Gasteiger partial charge in [-0.25, -0.2) is 0 Å². The molecule has 0 bridgehead atoms. The van der Waals surface area contributed by atoms with Gasteiger partial charge >= 0.3 is 5.97 Å². The summed E-state index contributed by atoms with van der Waals surface area (Å²) < 4.78 is 6.14. The maximum atomic E-state index is 12.6. The first-order valence-corrected chi connectivity index (χ1v) is 9.73. The van der Waals surface area contributed by atoms with Crippen LogP contribution in [0.1, 0.15) is 22.3 Å². The van der Waals surface area contributed by atoms with Gasteiger partial charge in [-0.15, -0.1) is 0 Å². The van der Waals surface area contributed by atoms with Crippen molar-refractivity contribution in [2.45, 2.75) is 13.0 Å². The quantitative estimate of drug-likeness (QED) is 0.681. The third kappa shape index (κ3) is 5.87. The van der Waals surface area contributed by atoms with Crippen molar-refractivity contribution in [2.24, 2.45) is 0 Å². The van der Waals surface area contributed by atoms with E-state index in [4.69, 9.17) is 4.74 Å². The Hall–Kier alpha value is -2.25. The minimum absolute atomic E-state index is 0.0303. The zero-order valence-corrected chi connectivity index (χ0v) is 16.6. The molecule has 0 saturated carbocycles. The van der Waals surface area contributed by atoms with Crippen molar-refractivity contribution < 1.29 is 14.3 Å². The molecule has 0 aliphatic carbocycles. The summed E-state index contributed by atoms with van der Waals surface area (Å²) in [5.74, 6) is -0.271. The number of ether oxygens (including phenoxy) is 1. The van der Waals surface area contributed by atoms with Crippen LogP contribution in [-0.2, 0) is 16.1 Å². The van der Waals surface area contributed by atoms with Gasteiger partial charge in [-0.05, 0) is 34.0 Å². The molecule has 0 radical (unpaired) electrons. The molecule has 7 heteroatoms. The summed E-state index contributed by atoms with van der Waals surface area (Å²) in [6.45, 7) is 3.19. The molecule has 27 heavy (non-hydrogen) atoms. The highest BCUT2D eigenvalue weighted by Gasteiger charge is 2.22. The molecule has 2 heterocycles. The van der Waals surface area contributed by atoms with Gasteiger partial charge in [0.25, 0.3) is 5.91 Å². The fraction of sp³-hybridized carbons (Fsp3) is 0.350. The molecule has 0 spiro atoms. The van der Waals surface area contributed by atoms with E-state index in [-0.39, 0.29) is 25.0 Å². The van der Waals surface area contributed by atoms with Crippen molar-refractivity contribution in [3.8, 4) is 0 Å². The lowest BCUT2D eigenvalue weighted by Gasteiger charge is -2.21. The van der Waals surface area contributed by atoms with Crippen molar-refractivity contribution in [3.05, 3.63) is 64.4 Å². The highest BCUT2D eigenvalue weighted by atomic mass is 79.9. The van der Waals surface area contributed by atoms with Gasteiger partial charge in [0, 0.05) is 43.0 Å². The molecule has 3 rings (SSSR count). The van der Waals surface area contributed by atoms with Gasteiger partial charge < -0.3 is 9.64 Å². The van der Waals surface area contributed by atoms with E-state index >= 15 is 0 Å². The first-order valence-electron chi connectivity index (χ1n) is 8.93. The fourth-order valence-electron chi connectivity index (χ4n) is 3.01. The topological polar surface area (TPSA) is 62.7 Å². The van der Waals surface area contributed by atoms with E-state index in [2.05, 4.69) is 20.9 Å². The first kappa shape index (κ1) is 19.5. The lowest BCUT2D eigenvalue weighted by Crippen LogP contribution is -2.37. The minimum atomic E-state index is -0.241. The highest BCUT2D eigenvalue weighted by molar-refractivity contribution is 9.10. The standard InChI is InChI=1S/C20H22BrN3O3/c21-18-11-17(12-22-13-18)20(26)24-8-4-7-23(9-10-24)14-19(25)27-15-16-5-2-1-3-6-16/h1-3,5-6,11-13H,4,7-10,14-15H2. The number of esters is 1. The largest absolute Gasteiger partial charge is 0.460 e. The van der Waals surface area contributed by atoms with E-state index in [0.29, 0.717) is 25.2 Å². The lowest BCUT2D eigenvalue weighted by molar-refractivity contribution is -0.146. The molecular weight excluding hydrogens is 410 g/mol. The molecule has 1 aromatic heterocycles. The van der Waals surface area contributed by atoms with Crippen LogP contribution in [-0.4, -0.2) is 59.4 Å².